The van der Waals surface area contributed by atoms with Crippen LogP contribution in [-0.2, 0) is 6.54 Å². The van der Waals surface area contributed by atoms with E-state index in [4.69, 9.17) is 4.52 Å². The Morgan fingerprint density at radius 2 is 1.96 bits per heavy atom. The molecule has 136 valence electrons. The molecular formula is C20H18N4O3. The molecule has 0 aliphatic heterocycles. The zero-order valence-corrected chi connectivity index (χ0v) is 15.0. The molecule has 0 bridgehead atoms. The second kappa shape index (κ2) is 6.68. The van der Waals surface area contributed by atoms with Gasteiger partial charge in [0.15, 0.2) is 0 Å². The molecule has 2 heterocycles. The van der Waals surface area contributed by atoms with Crippen LogP contribution in [0.15, 0.2) is 56.6 Å². The lowest BCUT2D eigenvalue weighted by Crippen LogP contribution is -2.36. The molecule has 0 spiro atoms. The van der Waals surface area contributed by atoms with Gasteiger partial charge in [0.25, 0.3) is 5.89 Å². The molecule has 4 rings (SSSR count). The van der Waals surface area contributed by atoms with Crippen LogP contribution in [-0.4, -0.2) is 19.7 Å². The lowest BCUT2D eigenvalue weighted by atomic mass is 10.1. The second-order valence-corrected chi connectivity index (χ2v) is 6.44. The standard InChI is InChI=1S/C20H18N4O3/c1-3-9-24-16-8-7-13(11-15(16)21-18(25)20(24)26)17-22-19(27-23-17)14-6-4-5-12(2)10-14/h4-8,10-11H,3,9H2,1-2H3,(H,21,25). The van der Waals surface area contributed by atoms with Crippen LogP contribution in [0.1, 0.15) is 18.9 Å². The number of H-pyrrole nitrogens is 1. The Morgan fingerprint density at radius 3 is 2.74 bits per heavy atom. The average molecular weight is 362 g/mol. The molecule has 0 fully saturated rings. The predicted octanol–water partition coefficient (Wildman–Crippen LogP) is 3.13. The number of hydrogen-bond acceptors (Lipinski definition) is 5. The Labute approximate surface area is 154 Å². The molecule has 0 atom stereocenters. The zero-order chi connectivity index (χ0) is 19.0. The Morgan fingerprint density at radius 1 is 1.11 bits per heavy atom. The minimum Gasteiger partial charge on any atom is -0.334 e. The fourth-order valence-corrected chi connectivity index (χ4v) is 3.10. The molecule has 0 aliphatic carbocycles. The molecular weight excluding hydrogens is 344 g/mol. The van der Waals surface area contributed by atoms with Crippen molar-refractivity contribution >= 4 is 11.0 Å². The third-order valence-corrected chi connectivity index (χ3v) is 4.37. The van der Waals surface area contributed by atoms with Crippen molar-refractivity contribution in [1.29, 1.82) is 0 Å². The lowest BCUT2D eigenvalue weighted by molar-refractivity contribution is 0.432. The van der Waals surface area contributed by atoms with Crippen molar-refractivity contribution in [2.45, 2.75) is 26.8 Å². The van der Waals surface area contributed by atoms with Crippen molar-refractivity contribution in [2.24, 2.45) is 0 Å². The predicted molar refractivity (Wildman–Crippen MR) is 103 cm³/mol. The first-order chi connectivity index (χ1) is 13.1. The molecule has 0 unspecified atom stereocenters. The molecule has 0 saturated heterocycles. The number of aryl methyl sites for hydroxylation is 2. The Balaban J connectivity index is 1.80. The van der Waals surface area contributed by atoms with E-state index in [0.717, 1.165) is 17.5 Å². The van der Waals surface area contributed by atoms with Gasteiger partial charge in [0.05, 0.1) is 11.0 Å². The SMILES string of the molecule is CCCn1c(=O)c(=O)[nH]c2cc(-c3noc(-c4cccc(C)c4)n3)ccc21. The molecule has 0 radical (unpaired) electrons. The summed E-state index contributed by atoms with van der Waals surface area (Å²) in [5.74, 6) is 0.848. The van der Waals surface area contributed by atoms with Crippen molar-refractivity contribution in [1.82, 2.24) is 19.7 Å². The fourth-order valence-electron chi connectivity index (χ4n) is 3.10. The molecule has 4 aromatic rings. The van der Waals surface area contributed by atoms with Crippen LogP contribution in [0, 0.1) is 6.92 Å². The van der Waals surface area contributed by atoms with Crippen LogP contribution in [0.5, 0.6) is 0 Å². The summed E-state index contributed by atoms with van der Waals surface area (Å²) >= 11 is 0. The summed E-state index contributed by atoms with van der Waals surface area (Å²) in [6.45, 7) is 4.44. The molecule has 0 saturated carbocycles. The highest BCUT2D eigenvalue weighted by atomic mass is 16.5. The van der Waals surface area contributed by atoms with Gasteiger partial charge in [0.1, 0.15) is 0 Å². The van der Waals surface area contributed by atoms with E-state index in [1.165, 1.54) is 4.57 Å². The monoisotopic (exact) mass is 362 g/mol. The first-order valence-electron chi connectivity index (χ1n) is 8.75. The van der Waals surface area contributed by atoms with Gasteiger partial charge in [0, 0.05) is 17.7 Å². The van der Waals surface area contributed by atoms with Gasteiger partial charge in [-0.2, -0.15) is 4.98 Å². The second-order valence-electron chi connectivity index (χ2n) is 6.44. The number of fused-ring (bicyclic) bond motifs is 1. The van der Waals surface area contributed by atoms with Crippen LogP contribution in [0.4, 0.5) is 0 Å². The summed E-state index contributed by atoms with van der Waals surface area (Å²) in [6.07, 6.45) is 0.755. The van der Waals surface area contributed by atoms with E-state index < -0.39 is 11.1 Å². The highest BCUT2D eigenvalue weighted by Gasteiger charge is 2.13. The highest BCUT2D eigenvalue weighted by molar-refractivity contribution is 5.80. The Kier molecular flexibility index (Phi) is 4.19. The zero-order valence-electron chi connectivity index (χ0n) is 15.0. The Bertz CT molecular complexity index is 1250. The van der Waals surface area contributed by atoms with Gasteiger partial charge in [-0.05, 0) is 43.7 Å². The summed E-state index contributed by atoms with van der Waals surface area (Å²) in [5, 5.41) is 4.05. The largest absolute Gasteiger partial charge is 0.334 e. The normalized spacial score (nSPS) is 11.2. The van der Waals surface area contributed by atoms with E-state index >= 15 is 0 Å². The number of nitrogens with zero attached hydrogens (tertiary/aromatic N) is 3. The third kappa shape index (κ3) is 3.08. The summed E-state index contributed by atoms with van der Waals surface area (Å²) in [6, 6.07) is 13.2. The molecule has 1 N–H and O–H groups in total. The molecule has 0 amide bonds. The summed E-state index contributed by atoms with van der Waals surface area (Å²) in [7, 11) is 0. The van der Waals surface area contributed by atoms with Crippen molar-refractivity contribution in [3.63, 3.8) is 0 Å². The van der Waals surface area contributed by atoms with Crippen molar-refractivity contribution in [2.75, 3.05) is 0 Å². The smallest absolute Gasteiger partial charge is 0.316 e. The first-order valence-corrected chi connectivity index (χ1v) is 8.75. The van der Waals surface area contributed by atoms with E-state index in [1.807, 2.05) is 44.2 Å². The minimum atomic E-state index is -0.637. The maximum absolute atomic E-state index is 12.1. The molecule has 27 heavy (non-hydrogen) atoms. The molecule has 2 aromatic heterocycles. The first kappa shape index (κ1) is 17.0. The summed E-state index contributed by atoms with van der Waals surface area (Å²) in [4.78, 5) is 31.2. The molecule has 0 aliphatic rings. The van der Waals surface area contributed by atoms with Crippen molar-refractivity contribution in [3.05, 3.63) is 68.7 Å². The quantitative estimate of drug-likeness (QED) is 0.563. The van der Waals surface area contributed by atoms with E-state index in [9.17, 15) is 9.59 Å². The van der Waals surface area contributed by atoms with E-state index in [2.05, 4.69) is 15.1 Å². The van der Waals surface area contributed by atoms with Crippen LogP contribution in [0.2, 0.25) is 0 Å². The van der Waals surface area contributed by atoms with Gasteiger partial charge in [-0.25, -0.2) is 0 Å². The number of aromatic nitrogens is 4. The highest BCUT2D eigenvalue weighted by Crippen LogP contribution is 2.24. The van der Waals surface area contributed by atoms with Gasteiger partial charge in [-0.15, -0.1) is 0 Å². The van der Waals surface area contributed by atoms with E-state index in [1.54, 1.807) is 12.1 Å². The van der Waals surface area contributed by atoms with Gasteiger partial charge in [-0.3, -0.25) is 9.59 Å². The average Bonchev–Trinajstić information content (AvgIpc) is 3.15. The number of hydrogen-bond donors (Lipinski definition) is 1. The van der Waals surface area contributed by atoms with Crippen molar-refractivity contribution in [3.8, 4) is 22.8 Å². The summed E-state index contributed by atoms with van der Waals surface area (Å²) in [5.41, 5.74) is 2.70. The maximum atomic E-state index is 12.1. The van der Waals surface area contributed by atoms with Crippen LogP contribution < -0.4 is 11.1 Å². The van der Waals surface area contributed by atoms with E-state index in [-0.39, 0.29) is 0 Å². The van der Waals surface area contributed by atoms with Gasteiger partial charge in [-0.1, -0.05) is 29.8 Å². The van der Waals surface area contributed by atoms with E-state index in [0.29, 0.717) is 34.9 Å². The number of aromatic amines is 1. The summed E-state index contributed by atoms with van der Waals surface area (Å²) < 4.78 is 6.88. The molecule has 7 nitrogen and oxygen atoms in total. The van der Waals surface area contributed by atoms with Crippen LogP contribution >= 0.6 is 0 Å². The number of rotatable bonds is 4. The van der Waals surface area contributed by atoms with Crippen molar-refractivity contribution < 1.29 is 4.52 Å². The molecule has 7 heteroatoms. The van der Waals surface area contributed by atoms with Gasteiger partial charge in [0.2, 0.25) is 5.82 Å². The topological polar surface area (TPSA) is 93.8 Å². The third-order valence-electron chi connectivity index (χ3n) is 4.37. The lowest BCUT2D eigenvalue weighted by Gasteiger charge is -2.08. The number of nitrogens with one attached hydrogen (secondary N) is 1. The number of benzene rings is 2. The molecule has 2 aromatic carbocycles. The van der Waals surface area contributed by atoms with Crippen LogP contribution in [0.3, 0.4) is 0 Å². The van der Waals surface area contributed by atoms with Gasteiger partial charge < -0.3 is 14.1 Å². The Hall–Kier alpha value is -3.48. The minimum absolute atomic E-state index is 0.419. The maximum Gasteiger partial charge on any atom is 0.316 e. The fraction of sp³-hybridized carbons (Fsp3) is 0.200. The van der Waals surface area contributed by atoms with Gasteiger partial charge >= 0.3 is 11.1 Å². The van der Waals surface area contributed by atoms with Crippen LogP contribution in [0.25, 0.3) is 33.9 Å².